The SMILES string of the molecule is O=C1Nc2c(Br)cc(Br)cc2C1(CCO)c1ccccc1. The second-order valence-corrected chi connectivity index (χ2v) is 6.78. The minimum atomic E-state index is -0.850. The first-order valence-electron chi connectivity index (χ1n) is 6.57. The summed E-state index contributed by atoms with van der Waals surface area (Å²) in [7, 11) is 0. The van der Waals surface area contributed by atoms with Crippen molar-refractivity contribution in [2.24, 2.45) is 0 Å². The number of hydrogen-bond acceptors (Lipinski definition) is 2. The Morgan fingerprint density at radius 3 is 2.52 bits per heavy atom. The summed E-state index contributed by atoms with van der Waals surface area (Å²) in [5.74, 6) is -0.100. The van der Waals surface area contributed by atoms with E-state index in [0.717, 1.165) is 25.8 Å². The summed E-state index contributed by atoms with van der Waals surface area (Å²) in [6.07, 6.45) is 0.346. The van der Waals surface area contributed by atoms with E-state index >= 15 is 0 Å². The molecule has 3 nitrogen and oxygen atoms in total. The summed E-state index contributed by atoms with van der Waals surface area (Å²) < 4.78 is 1.72. The van der Waals surface area contributed by atoms with Gasteiger partial charge in [0.2, 0.25) is 5.91 Å². The average molecular weight is 411 g/mol. The van der Waals surface area contributed by atoms with Crippen molar-refractivity contribution in [1.29, 1.82) is 0 Å². The van der Waals surface area contributed by atoms with Crippen LogP contribution in [0.15, 0.2) is 51.4 Å². The third-order valence-corrected chi connectivity index (χ3v) is 4.98. The Labute approximate surface area is 139 Å². The summed E-state index contributed by atoms with van der Waals surface area (Å²) in [6, 6.07) is 13.4. The highest BCUT2D eigenvalue weighted by Crippen LogP contribution is 2.48. The number of hydrogen-bond donors (Lipinski definition) is 2. The maximum absolute atomic E-state index is 12.7. The van der Waals surface area contributed by atoms with Gasteiger partial charge in [-0.25, -0.2) is 0 Å². The Morgan fingerprint density at radius 1 is 1.14 bits per heavy atom. The van der Waals surface area contributed by atoms with Crippen molar-refractivity contribution in [3.8, 4) is 0 Å². The molecule has 0 fully saturated rings. The molecule has 1 aliphatic heterocycles. The number of carbonyl (C=O) groups excluding carboxylic acids is 1. The van der Waals surface area contributed by atoms with Crippen molar-refractivity contribution in [1.82, 2.24) is 0 Å². The van der Waals surface area contributed by atoms with E-state index < -0.39 is 5.41 Å². The van der Waals surface area contributed by atoms with Crippen LogP contribution >= 0.6 is 31.9 Å². The summed E-state index contributed by atoms with van der Waals surface area (Å²) in [5, 5.41) is 12.5. The van der Waals surface area contributed by atoms with Crippen molar-refractivity contribution in [3.63, 3.8) is 0 Å². The van der Waals surface area contributed by atoms with E-state index in [1.165, 1.54) is 0 Å². The number of fused-ring (bicyclic) bond motifs is 1. The number of amides is 1. The van der Waals surface area contributed by atoms with Gasteiger partial charge in [-0.2, -0.15) is 0 Å². The zero-order chi connectivity index (χ0) is 15.0. The van der Waals surface area contributed by atoms with Gasteiger partial charge in [-0.05, 0) is 45.6 Å². The van der Waals surface area contributed by atoms with E-state index in [4.69, 9.17) is 0 Å². The number of benzene rings is 2. The van der Waals surface area contributed by atoms with Gasteiger partial charge in [0.25, 0.3) is 0 Å². The van der Waals surface area contributed by atoms with Gasteiger partial charge in [0.15, 0.2) is 0 Å². The molecule has 0 saturated carbocycles. The molecule has 0 saturated heterocycles. The Morgan fingerprint density at radius 2 is 1.86 bits per heavy atom. The molecule has 2 aromatic carbocycles. The number of rotatable bonds is 3. The molecule has 5 heteroatoms. The number of anilines is 1. The summed E-state index contributed by atoms with van der Waals surface area (Å²) >= 11 is 6.97. The third-order valence-electron chi connectivity index (χ3n) is 3.89. The van der Waals surface area contributed by atoms with Crippen LogP contribution in [-0.2, 0) is 10.2 Å². The first-order chi connectivity index (χ1) is 10.1. The molecule has 0 spiro atoms. The fourth-order valence-electron chi connectivity index (χ4n) is 2.95. The summed E-state index contributed by atoms with van der Waals surface area (Å²) in [5.41, 5.74) is 1.70. The van der Waals surface area contributed by atoms with Crippen LogP contribution < -0.4 is 5.32 Å². The first-order valence-corrected chi connectivity index (χ1v) is 8.15. The highest BCUT2D eigenvalue weighted by molar-refractivity contribution is 9.11. The molecule has 3 rings (SSSR count). The lowest BCUT2D eigenvalue weighted by Crippen LogP contribution is -2.36. The average Bonchev–Trinajstić information content (AvgIpc) is 2.75. The zero-order valence-electron chi connectivity index (χ0n) is 11.1. The fourth-order valence-corrected chi connectivity index (χ4v) is 4.27. The van der Waals surface area contributed by atoms with Gasteiger partial charge in [-0.3, -0.25) is 4.79 Å². The molecular weight excluding hydrogens is 398 g/mol. The number of carbonyl (C=O) groups is 1. The van der Waals surface area contributed by atoms with Gasteiger partial charge in [0.1, 0.15) is 5.41 Å². The van der Waals surface area contributed by atoms with Gasteiger partial charge in [-0.15, -0.1) is 0 Å². The molecule has 1 unspecified atom stereocenters. The zero-order valence-corrected chi connectivity index (χ0v) is 14.2. The summed E-state index contributed by atoms with van der Waals surface area (Å²) in [4.78, 5) is 12.7. The molecule has 2 aromatic rings. The highest BCUT2D eigenvalue weighted by atomic mass is 79.9. The first kappa shape index (κ1) is 14.8. The number of aliphatic hydroxyl groups is 1. The van der Waals surface area contributed by atoms with Crippen LogP contribution in [0.4, 0.5) is 5.69 Å². The molecule has 0 radical (unpaired) electrons. The van der Waals surface area contributed by atoms with Gasteiger partial charge >= 0.3 is 0 Å². The molecule has 0 aliphatic carbocycles. The van der Waals surface area contributed by atoms with Crippen molar-refractivity contribution >= 4 is 43.5 Å². The van der Waals surface area contributed by atoms with Crippen LogP contribution in [-0.4, -0.2) is 17.6 Å². The second-order valence-electron chi connectivity index (χ2n) is 5.01. The highest BCUT2D eigenvalue weighted by Gasteiger charge is 2.48. The number of aliphatic hydroxyl groups excluding tert-OH is 1. The Hall–Kier alpha value is -1.17. The minimum absolute atomic E-state index is 0.0636. The van der Waals surface area contributed by atoms with Crippen molar-refractivity contribution in [2.75, 3.05) is 11.9 Å². The van der Waals surface area contributed by atoms with Crippen molar-refractivity contribution in [3.05, 3.63) is 62.5 Å². The maximum atomic E-state index is 12.7. The van der Waals surface area contributed by atoms with E-state index in [2.05, 4.69) is 37.2 Å². The number of nitrogens with one attached hydrogen (secondary N) is 1. The largest absolute Gasteiger partial charge is 0.396 e. The van der Waals surface area contributed by atoms with Crippen LogP contribution in [0.1, 0.15) is 17.5 Å². The monoisotopic (exact) mass is 409 g/mol. The molecule has 1 atom stereocenters. The van der Waals surface area contributed by atoms with Crippen LogP contribution in [0, 0.1) is 0 Å². The summed E-state index contributed by atoms with van der Waals surface area (Å²) in [6.45, 7) is -0.0636. The predicted molar refractivity (Wildman–Crippen MR) is 89.4 cm³/mol. The molecule has 0 bridgehead atoms. The van der Waals surface area contributed by atoms with E-state index in [1.807, 2.05) is 42.5 Å². The van der Waals surface area contributed by atoms with Crippen LogP contribution in [0.25, 0.3) is 0 Å². The Kier molecular flexibility index (Phi) is 3.90. The lowest BCUT2D eigenvalue weighted by Gasteiger charge is -2.27. The molecule has 21 heavy (non-hydrogen) atoms. The van der Waals surface area contributed by atoms with Crippen LogP contribution in [0.5, 0.6) is 0 Å². The molecule has 2 N–H and O–H groups in total. The molecule has 0 aromatic heterocycles. The van der Waals surface area contributed by atoms with Gasteiger partial charge < -0.3 is 10.4 Å². The standard InChI is InChI=1S/C16H13Br2NO2/c17-11-8-12-14(13(18)9-11)19-15(21)16(12,6-7-20)10-4-2-1-3-5-10/h1-5,8-9,20H,6-7H2,(H,19,21). The topological polar surface area (TPSA) is 49.3 Å². The van der Waals surface area contributed by atoms with E-state index in [9.17, 15) is 9.90 Å². The Bertz CT molecular complexity index is 703. The Balaban J connectivity index is 2.30. The maximum Gasteiger partial charge on any atom is 0.239 e. The fraction of sp³-hybridized carbons (Fsp3) is 0.188. The van der Waals surface area contributed by atoms with Crippen molar-refractivity contribution in [2.45, 2.75) is 11.8 Å². The molecule has 1 amide bonds. The minimum Gasteiger partial charge on any atom is -0.396 e. The number of halogens is 2. The van der Waals surface area contributed by atoms with Gasteiger partial charge in [-0.1, -0.05) is 46.3 Å². The molecule has 1 heterocycles. The van der Waals surface area contributed by atoms with Crippen LogP contribution in [0.2, 0.25) is 0 Å². The lowest BCUT2D eigenvalue weighted by atomic mass is 9.73. The quantitative estimate of drug-likeness (QED) is 0.807. The molecular formula is C16H13Br2NO2. The predicted octanol–water partition coefficient (Wildman–Crippen LogP) is 3.83. The van der Waals surface area contributed by atoms with Gasteiger partial charge in [0.05, 0.1) is 5.69 Å². The smallest absolute Gasteiger partial charge is 0.239 e. The molecule has 108 valence electrons. The normalized spacial score (nSPS) is 20.2. The van der Waals surface area contributed by atoms with Gasteiger partial charge in [0, 0.05) is 15.6 Å². The van der Waals surface area contributed by atoms with E-state index in [1.54, 1.807) is 0 Å². The molecule has 1 aliphatic rings. The van der Waals surface area contributed by atoms with E-state index in [-0.39, 0.29) is 12.5 Å². The van der Waals surface area contributed by atoms with E-state index in [0.29, 0.717) is 6.42 Å². The third kappa shape index (κ3) is 2.24. The van der Waals surface area contributed by atoms with Crippen LogP contribution in [0.3, 0.4) is 0 Å². The second kappa shape index (κ2) is 5.55. The lowest BCUT2D eigenvalue weighted by molar-refractivity contribution is -0.120. The van der Waals surface area contributed by atoms with Crippen molar-refractivity contribution < 1.29 is 9.90 Å².